The van der Waals surface area contributed by atoms with Crippen LogP contribution >= 0.6 is 0 Å². The lowest BCUT2D eigenvalue weighted by Crippen LogP contribution is -2.45. The van der Waals surface area contributed by atoms with E-state index in [0.29, 0.717) is 25.7 Å². The third-order valence-corrected chi connectivity index (χ3v) is 12.5. The molecule has 8 heteroatoms. The monoisotopic (exact) mass is 590 g/mol. The summed E-state index contributed by atoms with van der Waals surface area (Å²) < 4.78 is 43.1. The number of ether oxygens (including phenoxy) is 1. The van der Waals surface area contributed by atoms with E-state index < -0.39 is 38.3 Å². The Kier molecular flexibility index (Phi) is 13.3. The van der Waals surface area contributed by atoms with E-state index in [9.17, 15) is 9.59 Å². The number of Topliss-reactive ketones (excluding diaryl/α,β-unsaturated/α-hetero) is 1. The molecular formula is C33H48F2O5Si. The summed E-state index contributed by atoms with van der Waals surface area (Å²) in [6.45, 7) is 12.5. The maximum Gasteiger partial charge on any atom is 0.303 e. The predicted molar refractivity (Wildman–Crippen MR) is 162 cm³/mol. The van der Waals surface area contributed by atoms with Gasteiger partial charge in [0.15, 0.2) is 8.32 Å². The van der Waals surface area contributed by atoms with Crippen LogP contribution in [0.5, 0.6) is 0 Å². The summed E-state index contributed by atoms with van der Waals surface area (Å²) >= 11 is 0. The zero-order valence-corrected chi connectivity index (χ0v) is 26.4. The Hall–Kier alpha value is -2.42. The minimum absolute atomic E-state index is 0.0292. The van der Waals surface area contributed by atoms with Crippen molar-refractivity contribution in [2.75, 3.05) is 0 Å². The van der Waals surface area contributed by atoms with Gasteiger partial charge in [-0.3, -0.25) is 9.59 Å². The number of rotatable bonds is 16. The Morgan fingerprint density at radius 2 is 1.83 bits per heavy atom. The number of carboxylic acid groups (broad SMARTS) is 1. The normalized spacial score (nSPS) is 21.5. The maximum atomic E-state index is 15.3. The Morgan fingerprint density at radius 3 is 2.44 bits per heavy atom. The van der Waals surface area contributed by atoms with Crippen molar-refractivity contribution < 1.29 is 32.6 Å². The highest BCUT2D eigenvalue weighted by molar-refractivity contribution is 6.74. The highest BCUT2D eigenvalue weighted by atomic mass is 28.4. The molecule has 1 aliphatic rings. The largest absolute Gasteiger partial charge is 0.481 e. The molecule has 1 N–H and O–H groups in total. The third-order valence-electron chi connectivity index (χ3n) is 8.02. The number of hydrogen-bond donors (Lipinski definition) is 1. The number of unbranched alkanes of at least 4 members (excludes halogenated alkanes) is 1. The van der Waals surface area contributed by atoms with E-state index >= 15 is 8.78 Å². The second-order valence-electron chi connectivity index (χ2n) is 12.4. The lowest BCUT2D eigenvalue weighted by atomic mass is 9.90. The Bertz CT molecular complexity index is 1060. The van der Waals surface area contributed by atoms with E-state index in [0.717, 1.165) is 11.6 Å². The van der Waals surface area contributed by atoms with Crippen molar-refractivity contribution in [3.8, 4) is 0 Å². The number of carboxylic acids is 1. The fourth-order valence-corrected chi connectivity index (χ4v) is 5.92. The second kappa shape index (κ2) is 15.7. The van der Waals surface area contributed by atoms with Crippen LogP contribution < -0.4 is 0 Å². The zero-order chi connectivity index (χ0) is 30.7. The van der Waals surface area contributed by atoms with Crippen LogP contribution in [0.3, 0.4) is 0 Å². The quantitative estimate of drug-likeness (QED) is 0.119. The van der Waals surface area contributed by atoms with Crippen LogP contribution in [0.15, 0.2) is 66.8 Å². The van der Waals surface area contributed by atoms with Crippen molar-refractivity contribution in [1.29, 1.82) is 0 Å². The fourth-order valence-electron chi connectivity index (χ4n) is 4.57. The van der Waals surface area contributed by atoms with E-state index in [1.165, 1.54) is 12.2 Å². The van der Waals surface area contributed by atoms with E-state index in [4.69, 9.17) is 14.3 Å². The smallest absolute Gasteiger partial charge is 0.303 e. The number of halogens is 2. The van der Waals surface area contributed by atoms with E-state index in [-0.39, 0.29) is 36.2 Å². The van der Waals surface area contributed by atoms with Gasteiger partial charge in [-0.15, -0.1) is 0 Å². The summed E-state index contributed by atoms with van der Waals surface area (Å²) in [5, 5.41) is 8.77. The van der Waals surface area contributed by atoms with Crippen LogP contribution in [0.4, 0.5) is 8.78 Å². The summed E-state index contributed by atoms with van der Waals surface area (Å²) in [5.41, 5.74) is 0.794. The van der Waals surface area contributed by atoms with Gasteiger partial charge in [-0.1, -0.05) is 88.4 Å². The summed E-state index contributed by atoms with van der Waals surface area (Å²) in [5.74, 6) is -4.81. The molecule has 1 fully saturated rings. The van der Waals surface area contributed by atoms with E-state index in [1.54, 1.807) is 13.0 Å². The fraction of sp³-hybridized carbons (Fsp3) is 0.576. The van der Waals surface area contributed by atoms with Crippen molar-refractivity contribution in [3.05, 3.63) is 72.4 Å². The number of carbonyl (C=O) groups is 2. The van der Waals surface area contributed by atoms with Gasteiger partial charge in [0.05, 0.1) is 12.7 Å². The van der Waals surface area contributed by atoms with Gasteiger partial charge in [0.25, 0.3) is 5.92 Å². The SMILES string of the molecule is CC/C=C/C(F)(F)C(/C=C/[C@H]1[C@H](O[Si](C)(C)C(C)(C)C)CC(=O)[C@@H]1C/C=C\CCCC(=O)O)OCc1ccccc1. The van der Waals surface area contributed by atoms with Crippen molar-refractivity contribution in [3.63, 3.8) is 0 Å². The molecule has 2 rings (SSSR count). The van der Waals surface area contributed by atoms with Gasteiger partial charge in [0, 0.05) is 24.7 Å². The van der Waals surface area contributed by atoms with Crippen LogP contribution in [-0.2, 0) is 25.4 Å². The number of alkyl halides is 2. The van der Waals surface area contributed by atoms with Crippen molar-refractivity contribution >= 4 is 20.1 Å². The highest BCUT2D eigenvalue weighted by Gasteiger charge is 2.47. The number of benzene rings is 1. The molecule has 0 amide bonds. The highest BCUT2D eigenvalue weighted by Crippen LogP contribution is 2.43. The lowest BCUT2D eigenvalue weighted by Gasteiger charge is -2.39. The predicted octanol–water partition coefficient (Wildman–Crippen LogP) is 8.53. The average molecular weight is 591 g/mol. The first kappa shape index (κ1) is 34.8. The average Bonchev–Trinajstić information content (AvgIpc) is 3.17. The summed E-state index contributed by atoms with van der Waals surface area (Å²) in [6.07, 6.45) is 9.72. The van der Waals surface area contributed by atoms with Crippen LogP contribution in [0, 0.1) is 11.8 Å². The van der Waals surface area contributed by atoms with Crippen LogP contribution in [0.1, 0.15) is 71.8 Å². The van der Waals surface area contributed by atoms with Crippen LogP contribution in [0.25, 0.3) is 0 Å². The maximum absolute atomic E-state index is 15.3. The topological polar surface area (TPSA) is 72.8 Å². The summed E-state index contributed by atoms with van der Waals surface area (Å²) in [4.78, 5) is 24.0. The van der Waals surface area contributed by atoms with Crippen molar-refractivity contribution in [1.82, 2.24) is 0 Å². The zero-order valence-electron chi connectivity index (χ0n) is 25.4. The first-order valence-corrected chi connectivity index (χ1v) is 17.6. The molecule has 0 bridgehead atoms. The Balaban J connectivity index is 2.35. The molecule has 1 saturated carbocycles. The Labute approximate surface area is 245 Å². The van der Waals surface area contributed by atoms with Gasteiger partial charge in [0.1, 0.15) is 11.9 Å². The number of aliphatic carboxylic acids is 1. The molecule has 228 valence electrons. The molecular weight excluding hydrogens is 542 g/mol. The molecule has 5 nitrogen and oxygen atoms in total. The molecule has 0 aliphatic heterocycles. The molecule has 0 heterocycles. The molecule has 1 aliphatic carbocycles. The first-order valence-electron chi connectivity index (χ1n) is 14.6. The molecule has 0 radical (unpaired) electrons. The van der Waals surface area contributed by atoms with Crippen molar-refractivity contribution in [2.24, 2.45) is 11.8 Å². The molecule has 0 spiro atoms. The number of hydrogen-bond acceptors (Lipinski definition) is 4. The summed E-state index contributed by atoms with van der Waals surface area (Å²) in [6, 6.07) is 9.20. The molecule has 1 unspecified atom stereocenters. The van der Waals surface area contributed by atoms with E-state index in [1.807, 2.05) is 42.5 Å². The van der Waals surface area contributed by atoms with Gasteiger partial charge < -0.3 is 14.3 Å². The molecule has 0 saturated heterocycles. The molecule has 1 aromatic carbocycles. The van der Waals surface area contributed by atoms with Gasteiger partial charge in [-0.2, -0.15) is 8.78 Å². The minimum Gasteiger partial charge on any atom is -0.481 e. The molecule has 0 aromatic heterocycles. The van der Waals surface area contributed by atoms with E-state index in [2.05, 4.69) is 33.9 Å². The van der Waals surface area contributed by atoms with Crippen molar-refractivity contribution in [2.45, 2.75) is 109 Å². The lowest BCUT2D eigenvalue weighted by molar-refractivity contribution is -0.137. The second-order valence-corrected chi connectivity index (χ2v) is 17.1. The standard InChI is InChI=1S/C33H48F2O5Si/c1-7-8-22-33(34,35)30(39-24-25-16-12-11-13-17-25)21-20-27-26(18-14-9-10-15-19-31(37)38)28(36)23-29(27)40-41(5,6)32(2,3)4/h8-9,11-14,16-17,20-22,26-27,29-30H,7,10,15,18-19,23-24H2,1-6H3,(H,37,38)/b14-9-,21-20+,22-8+/t26-,27-,29-,30?/m1/s1. The molecule has 41 heavy (non-hydrogen) atoms. The van der Waals surface area contributed by atoms with Gasteiger partial charge >= 0.3 is 5.97 Å². The Morgan fingerprint density at radius 1 is 1.15 bits per heavy atom. The van der Waals surface area contributed by atoms with Gasteiger partial charge in [0.2, 0.25) is 0 Å². The van der Waals surface area contributed by atoms with Gasteiger partial charge in [-0.25, -0.2) is 0 Å². The number of carbonyl (C=O) groups excluding carboxylic acids is 1. The molecule has 1 aromatic rings. The third kappa shape index (κ3) is 11.1. The van der Waals surface area contributed by atoms with Crippen LogP contribution in [-0.4, -0.2) is 43.3 Å². The first-order chi connectivity index (χ1) is 19.2. The minimum atomic E-state index is -3.24. The van der Waals surface area contributed by atoms with Crippen LogP contribution in [0.2, 0.25) is 18.1 Å². The molecule has 4 atom stereocenters. The van der Waals surface area contributed by atoms with Gasteiger partial charge in [-0.05, 0) is 55.5 Å². The summed E-state index contributed by atoms with van der Waals surface area (Å²) in [7, 11) is -2.25. The number of ketones is 1. The number of allylic oxidation sites excluding steroid dienone is 3.